The van der Waals surface area contributed by atoms with E-state index in [9.17, 15) is 19.2 Å². The van der Waals surface area contributed by atoms with Crippen molar-refractivity contribution in [3.63, 3.8) is 0 Å². The Morgan fingerprint density at radius 2 is 1.77 bits per heavy atom. The second kappa shape index (κ2) is 13.3. The van der Waals surface area contributed by atoms with Crippen LogP contribution in [-0.4, -0.2) is 103 Å². The first kappa shape index (κ1) is 31.9. The second-order valence-corrected chi connectivity index (χ2v) is 14.3. The highest BCUT2D eigenvalue weighted by molar-refractivity contribution is 8.78. The van der Waals surface area contributed by atoms with E-state index >= 15 is 0 Å². The van der Waals surface area contributed by atoms with E-state index in [1.807, 2.05) is 19.1 Å². The van der Waals surface area contributed by atoms with Gasteiger partial charge in [-0.05, 0) is 47.6 Å². The maximum absolute atomic E-state index is 14.1. The molecule has 1 aromatic rings. The number of benzene rings is 1. The van der Waals surface area contributed by atoms with Crippen molar-refractivity contribution >= 4 is 45.5 Å². The molecule has 4 aliphatic heterocycles. The van der Waals surface area contributed by atoms with Gasteiger partial charge < -0.3 is 34.1 Å². The number of likely N-dealkylation sites (N-methyl/N-ethyl adjacent to an activating group) is 1. The first-order chi connectivity index (χ1) is 20.7. The Bertz CT molecular complexity index is 1240. The third-order valence-corrected chi connectivity index (χ3v) is 12.5. The summed E-state index contributed by atoms with van der Waals surface area (Å²) in [6.07, 6.45) is 2.64. The molecule has 4 fully saturated rings. The normalized spacial score (nSPS) is 28.5. The Hall–Kier alpha value is -2.48. The lowest BCUT2D eigenvalue weighted by atomic mass is 9.79. The third-order valence-electron chi connectivity index (χ3n) is 8.83. The van der Waals surface area contributed by atoms with Crippen LogP contribution in [-0.2, 0) is 45.2 Å². The predicted octanol–water partition coefficient (Wildman–Crippen LogP) is 3.24. The zero-order valence-corrected chi connectivity index (χ0v) is 26.7. The molecule has 43 heavy (non-hydrogen) atoms. The molecule has 11 nitrogen and oxygen atoms in total. The molecule has 1 aliphatic carbocycles. The van der Waals surface area contributed by atoms with Gasteiger partial charge in [0.2, 0.25) is 10.8 Å². The number of hydrogen-bond acceptors (Lipinski definition) is 10. The summed E-state index contributed by atoms with van der Waals surface area (Å²) in [4.78, 5) is 53.3. The summed E-state index contributed by atoms with van der Waals surface area (Å²) >= 11 is 0. The van der Waals surface area contributed by atoms with Crippen molar-refractivity contribution < 1.29 is 38.1 Å². The smallest absolute Gasteiger partial charge is 0.434 e. The number of piperazine rings is 1. The highest BCUT2D eigenvalue weighted by Gasteiger charge is 2.76. The molecule has 0 unspecified atom stereocenters. The number of nitrogens with zero attached hydrogens (tertiary/aromatic N) is 2. The Labute approximate surface area is 260 Å². The van der Waals surface area contributed by atoms with Crippen LogP contribution in [0.4, 0.5) is 4.79 Å². The molecule has 2 bridgehead atoms. The molecule has 0 radical (unpaired) electrons. The van der Waals surface area contributed by atoms with Crippen LogP contribution in [0.15, 0.2) is 24.3 Å². The minimum atomic E-state index is -1.35. The molecule has 1 spiro atoms. The lowest BCUT2D eigenvalue weighted by Gasteiger charge is -2.58. The molecule has 0 saturated carbocycles. The minimum Gasteiger partial charge on any atom is -0.434 e. The number of carbonyl (C=O) groups excluding carboxylic acids is 4. The van der Waals surface area contributed by atoms with Gasteiger partial charge in [0.1, 0.15) is 6.61 Å². The fourth-order valence-corrected chi connectivity index (χ4v) is 10.4. The van der Waals surface area contributed by atoms with Gasteiger partial charge in [0.25, 0.3) is 11.8 Å². The molecule has 3 amide bonds. The molecule has 13 heteroatoms. The quantitative estimate of drug-likeness (QED) is 0.175. The Kier molecular flexibility index (Phi) is 9.84. The molecule has 4 atom stereocenters. The monoisotopic (exact) mass is 635 g/mol. The van der Waals surface area contributed by atoms with Crippen molar-refractivity contribution in [2.75, 3.05) is 53.2 Å². The topological polar surface area (TPSA) is 124 Å². The van der Waals surface area contributed by atoms with Gasteiger partial charge in [-0.15, -0.1) is 0 Å². The SMILES string of the molecule is CCCOCCOCCNC(=O)CCCCOC(=O)OC[C@]12SS[C@@]3(C[C@]4(C)c5ccccc5C[C@@H]4N3C1=O)C(=O)N2C. The zero-order valence-electron chi connectivity index (χ0n) is 25.1. The lowest BCUT2D eigenvalue weighted by molar-refractivity contribution is -0.167. The van der Waals surface area contributed by atoms with Crippen LogP contribution in [0.1, 0.15) is 57.1 Å². The van der Waals surface area contributed by atoms with Gasteiger partial charge in [0.15, 0.2) is 4.87 Å². The molecule has 6 rings (SSSR count). The number of nitrogens with one attached hydrogen (secondary N) is 1. The molecule has 4 saturated heterocycles. The van der Waals surface area contributed by atoms with Gasteiger partial charge in [-0.3, -0.25) is 14.4 Å². The highest BCUT2D eigenvalue weighted by Crippen LogP contribution is 2.68. The van der Waals surface area contributed by atoms with E-state index in [0.29, 0.717) is 65.1 Å². The van der Waals surface area contributed by atoms with Crippen LogP contribution >= 0.6 is 21.6 Å². The molecular weight excluding hydrogens is 594 g/mol. The number of ether oxygens (including phenoxy) is 4. The Morgan fingerprint density at radius 1 is 1.00 bits per heavy atom. The second-order valence-electron chi connectivity index (χ2n) is 11.7. The average molecular weight is 636 g/mol. The van der Waals surface area contributed by atoms with Gasteiger partial charge in [0, 0.05) is 44.5 Å². The van der Waals surface area contributed by atoms with E-state index < -0.39 is 15.9 Å². The van der Waals surface area contributed by atoms with E-state index in [2.05, 4.69) is 24.4 Å². The summed E-state index contributed by atoms with van der Waals surface area (Å²) < 4.78 is 21.4. The van der Waals surface area contributed by atoms with E-state index in [1.54, 1.807) is 11.9 Å². The van der Waals surface area contributed by atoms with Crippen LogP contribution in [0.5, 0.6) is 0 Å². The van der Waals surface area contributed by atoms with E-state index in [-0.39, 0.29) is 42.4 Å². The minimum absolute atomic E-state index is 0.0819. The highest BCUT2D eigenvalue weighted by atomic mass is 33.1. The predicted molar refractivity (Wildman–Crippen MR) is 162 cm³/mol. The molecule has 4 heterocycles. The molecule has 1 aromatic carbocycles. The van der Waals surface area contributed by atoms with Gasteiger partial charge in [-0.2, -0.15) is 0 Å². The Morgan fingerprint density at radius 3 is 2.56 bits per heavy atom. The first-order valence-corrected chi connectivity index (χ1v) is 17.1. The number of rotatable bonds is 15. The molecule has 5 aliphatic rings. The number of amides is 3. The average Bonchev–Trinajstić information content (AvgIpc) is 3.42. The fraction of sp³-hybridized carbons (Fsp3) is 0.667. The molecular formula is C30H41N3O8S2. The number of unbranched alkanes of at least 4 members (excludes halogenated alkanes) is 1. The summed E-state index contributed by atoms with van der Waals surface area (Å²) in [6, 6.07) is 8.09. The first-order valence-electron chi connectivity index (χ1n) is 15.0. The van der Waals surface area contributed by atoms with Crippen LogP contribution in [0.25, 0.3) is 0 Å². The summed E-state index contributed by atoms with van der Waals surface area (Å²) in [7, 11) is 4.32. The van der Waals surface area contributed by atoms with Crippen LogP contribution in [0.3, 0.4) is 0 Å². The van der Waals surface area contributed by atoms with Crippen LogP contribution in [0.2, 0.25) is 0 Å². The molecule has 0 aromatic heterocycles. The largest absolute Gasteiger partial charge is 0.508 e. The van der Waals surface area contributed by atoms with Crippen molar-refractivity contribution in [2.45, 2.75) is 73.6 Å². The van der Waals surface area contributed by atoms with Crippen molar-refractivity contribution in [1.29, 1.82) is 0 Å². The van der Waals surface area contributed by atoms with Crippen LogP contribution in [0, 0.1) is 0 Å². The van der Waals surface area contributed by atoms with Gasteiger partial charge in [0.05, 0.1) is 26.4 Å². The van der Waals surface area contributed by atoms with Crippen molar-refractivity contribution in [3.05, 3.63) is 35.4 Å². The number of fused-ring (bicyclic) bond motifs is 5. The number of hydrogen-bond donors (Lipinski definition) is 1. The van der Waals surface area contributed by atoms with Gasteiger partial charge in [-0.1, -0.05) is 48.9 Å². The third kappa shape index (κ3) is 5.85. The zero-order chi connectivity index (χ0) is 30.7. The van der Waals surface area contributed by atoms with E-state index in [0.717, 1.165) is 6.42 Å². The van der Waals surface area contributed by atoms with Gasteiger partial charge >= 0.3 is 6.16 Å². The van der Waals surface area contributed by atoms with Crippen molar-refractivity contribution in [1.82, 2.24) is 15.1 Å². The standard InChI is InChI=1S/C30H41N3O8S2/c1-4-13-38-16-17-39-15-12-31-24(34)11-7-8-14-40-27(37)41-20-30-26(36)33-23-18-21-9-5-6-10-22(21)28(23,2)19-29(33,42-43-30)25(35)32(30)3/h5-6,9-10,23H,4,7-8,11-20H2,1-3H3,(H,31,34)/t23-,28+,29-,30-/m0/s1. The summed E-state index contributed by atoms with van der Waals surface area (Å²) in [6.45, 7) is 6.58. The summed E-state index contributed by atoms with van der Waals surface area (Å²) in [5, 5.41) is 2.79. The van der Waals surface area contributed by atoms with Crippen LogP contribution < -0.4 is 5.32 Å². The Balaban J connectivity index is 1.05. The summed E-state index contributed by atoms with van der Waals surface area (Å²) in [5.74, 6) is -0.428. The fourth-order valence-electron chi connectivity index (χ4n) is 6.61. The van der Waals surface area contributed by atoms with E-state index in [1.165, 1.54) is 37.6 Å². The summed E-state index contributed by atoms with van der Waals surface area (Å²) in [5.41, 5.74) is 2.08. The molecule has 1 N–H and O–H groups in total. The maximum Gasteiger partial charge on any atom is 0.508 e. The van der Waals surface area contributed by atoms with E-state index in [4.69, 9.17) is 18.9 Å². The molecule has 236 valence electrons. The maximum atomic E-state index is 14.1. The number of carbonyl (C=O) groups is 4. The van der Waals surface area contributed by atoms with Crippen molar-refractivity contribution in [3.8, 4) is 0 Å². The van der Waals surface area contributed by atoms with Gasteiger partial charge in [-0.25, -0.2) is 4.79 Å². The van der Waals surface area contributed by atoms with Crippen molar-refractivity contribution in [2.24, 2.45) is 0 Å². The lowest BCUT2D eigenvalue weighted by Crippen LogP contribution is -2.77.